The van der Waals surface area contributed by atoms with Crippen LogP contribution in [0, 0.1) is 0 Å². The lowest BCUT2D eigenvalue weighted by Gasteiger charge is -2.20. The number of carbonyl (C=O) groups is 1. The number of carbonyl (C=O) groups excluding carboxylic acids is 1. The van der Waals surface area contributed by atoms with Crippen LogP contribution in [0.1, 0.15) is 6.42 Å². The van der Waals surface area contributed by atoms with Gasteiger partial charge in [-0.05, 0) is 24.3 Å². The smallest absolute Gasteiger partial charge is 0.273 e. The highest BCUT2D eigenvalue weighted by Gasteiger charge is 2.15. The molecular formula is C19H19N3O4. The number of aryl methyl sites for hydroxylation is 1. The third-order valence-electron chi connectivity index (χ3n) is 4.25. The van der Waals surface area contributed by atoms with Crippen LogP contribution in [0.3, 0.4) is 0 Å². The van der Waals surface area contributed by atoms with Gasteiger partial charge < -0.3 is 9.64 Å². The minimum Gasteiger partial charge on any atom is -0.495 e. The Balaban J connectivity index is 1.82. The number of aromatic nitrogens is 2. The van der Waals surface area contributed by atoms with Crippen molar-refractivity contribution >= 4 is 22.4 Å². The molecule has 0 fully saturated rings. The van der Waals surface area contributed by atoms with E-state index in [2.05, 4.69) is 5.10 Å². The van der Waals surface area contributed by atoms with E-state index in [1.54, 1.807) is 43.4 Å². The number of nitrogens with one attached hydrogen (secondary N) is 1. The van der Waals surface area contributed by atoms with Gasteiger partial charge in [0, 0.05) is 13.5 Å². The summed E-state index contributed by atoms with van der Waals surface area (Å²) in [5.41, 5.74) is -0.0435. The average Bonchev–Trinajstić information content (AvgIpc) is 2.68. The predicted molar refractivity (Wildman–Crippen MR) is 99.8 cm³/mol. The fourth-order valence-electron chi connectivity index (χ4n) is 2.82. The Morgan fingerprint density at radius 1 is 1.08 bits per heavy atom. The van der Waals surface area contributed by atoms with Gasteiger partial charge in [0.05, 0.1) is 30.1 Å². The van der Waals surface area contributed by atoms with E-state index in [-0.39, 0.29) is 30.0 Å². The maximum Gasteiger partial charge on any atom is 0.273 e. The molecule has 1 aromatic heterocycles. The molecule has 3 rings (SSSR count). The van der Waals surface area contributed by atoms with Crippen LogP contribution in [-0.4, -0.2) is 29.8 Å². The second-order valence-electron chi connectivity index (χ2n) is 5.82. The molecule has 0 unspecified atom stereocenters. The zero-order valence-corrected chi connectivity index (χ0v) is 14.6. The maximum atomic E-state index is 12.5. The van der Waals surface area contributed by atoms with Gasteiger partial charge in [0.1, 0.15) is 5.75 Å². The lowest BCUT2D eigenvalue weighted by atomic mass is 10.2. The highest BCUT2D eigenvalue weighted by Crippen LogP contribution is 2.26. The Bertz CT molecular complexity index is 1070. The molecule has 1 N–H and O–H groups in total. The summed E-state index contributed by atoms with van der Waals surface area (Å²) in [6, 6.07) is 13.8. The zero-order valence-electron chi connectivity index (χ0n) is 14.6. The second kappa shape index (κ2) is 7.26. The van der Waals surface area contributed by atoms with Crippen LogP contribution < -0.4 is 20.8 Å². The molecule has 0 saturated carbocycles. The van der Waals surface area contributed by atoms with Crippen molar-refractivity contribution < 1.29 is 9.53 Å². The molecular weight excluding hydrogens is 334 g/mol. The monoisotopic (exact) mass is 353 g/mol. The fourth-order valence-corrected chi connectivity index (χ4v) is 2.82. The molecule has 134 valence electrons. The number of rotatable bonds is 5. The number of ether oxygens (including phenoxy) is 1. The van der Waals surface area contributed by atoms with Gasteiger partial charge in [-0.2, -0.15) is 0 Å². The summed E-state index contributed by atoms with van der Waals surface area (Å²) in [6.45, 7) is 0.0806. The molecule has 26 heavy (non-hydrogen) atoms. The summed E-state index contributed by atoms with van der Waals surface area (Å²) >= 11 is 0. The third kappa shape index (κ3) is 3.23. The van der Waals surface area contributed by atoms with E-state index in [9.17, 15) is 14.4 Å². The molecule has 0 radical (unpaired) electrons. The molecule has 2 aromatic carbocycles. The molecule has 0 aliphatic heterocycles. The van der Waals surface area contributed by atoms with Crippen molar-refractivity contribution in [3.63, 3.8) is 0 Å². The molecule has 0 atom stereocenters. The predicted octanol–water partition coefficient (Wildman–Crippen LogP) is 1.75. The van der Waals surface area contributed by atoms with Gasteiger partial charge in [-0.25, -0.2) is 4.68 Å². The second-order valence-corrected chi connectivity index (χ2v) is 5.82. The number of nitrogens with zero attached hydrogens (tertiary/aromatic N) is 2. The van der Waals surface area contributed by atoms with Crippen molar-refractivity contribution in [2.75, 3.05) is 19.1 Å². The number of fused-ring (bicyclic) bond motifs is 1. The first-order chi connectivity index (χ1) is 12.5. The van der Waals surface area contributed by atoms with Gasteiger partial charge in [0.2, 0.25) is 5.91 Å². The Morgan fingerprint density at radius 2 is 1.73 bits per heavy atom. The first-order valence-electron chi connectivity index (χ1n) is 8.14. The first-order valence-corrected chi connectivity index (χ1v) is 8.14. The summed E-state index contributed by atoms with van der Waals surface area (Å²) in [6.07, 6.45) is 0.0583. The number of hydrogen-bond acceptors (Lipinski definition) is 4. The van der Waals surface area contributed by atoms with Gasteiger partial charge in [-0.3, -0.25) is 19.5 Å². The van der Waals surface area contributed by atoms with Crippen LogP contribution in [0.2, 0.25) is 0 Å². The number of methoxy groups -OCH3 is 1. The largest absolute Gasteiger partial charge is 0.495 e. The van der Waals surface area contributed by atoms with Gasteiger partial charge in [-0.15, -0.1) is 0 Å². The molecule has 7 nitrogen and oxygen atoms in total. The molecule has 3 aromatic rings. The van der Waals surface area contributed by atoms with E-state index in [0.29, 0.717) is 22.2 Å². The average molecular weight is 353 g/mol. The summed E-state index contributed by atoms with van der Waals surface area (Å²) < 4.78 is 6.45. The van der Waals surface area contributed by atoms with E-state index in [1.807, 2.05) is 12.1 Å². The van der Waals surface area contributed by atoms with Crippen molar-refractivity contribution in [3.05, 3.63) is 69.2 Å². The van der Waals surface area contributed by atoms with Crippen LogP contribution in [0.25, 0.3) is 10.8 Å². The van der Waals surface area contributed by atoms with Crippen molar-refractivity contribution in [3.8, 4) is 5.75 Å². The standard InChI is InChI=1S/C19H19N3O4/c1-21(15-9-5-6-10-16(15)26-2)17(23)11-12-22-19(25)14-8-4-3-7-13(14)18(24)20-22/h3-10H,11-12H2,1-2H3,(H,20,24). The maximum absolute atomic E-state index is 12.5. The topological polar surface area (TPSA) is 84.4 Å². The van der Waals surface area contributed by atoms with Gasteiger partial charge in [-0.1, -0.05) is 24.3 Å². The molecule has 0 spiro atoms. The molecule has 0 saturated heterocycles. The lowest BCUT2D eigenvalue weighted by molar-refractivity contribution is -0.118. The summed E-state index contributed by atoms with van der Waals surface area (Å²) in [4.78, 5) is 38.6. The number of amides is 1. The van der Waals surface area contributed by atoms with Gasteiger partial charge in [0.15, 0.2) is 0 Å². The molecule has 0 bridgehead atoms. The number of aromatic amines is 1. The van der Waals surface area contributed by atoms with Gasteiger partial charge in [0.25, 0.3) is 11.1 Å². The van der Waals surface area contributed by atoms with Gasteiger partial charge >= 0.3 is 0 Å². The van der Waals surface area contributed by atoms with Crippen molar-refractivity contribution in [2.45, 2.75) is 13.0 Å². The van der Waals surface area contributed by atoms with E-state index < -0.39 is 0 Å². The summed E-state index contributed by atoms with van der Waals surface area (Å²) in [7, 11) is 3.18. The zero-order chi connectivity index (χ0) is 18.7. The van der Waals surface area contributed by atoms with Crippen LogP contribution in [0.5, 0.6) is 5.75 Å². The molecule has 0 aliphatic rings. The Hall–Kier alpha value is -3.35. The molecule has 1 heterocycles. The number of anilines is 1. The third-order valence-corrected chi connectivity index (χ3v) is 4.25. The van der Waals surface area contributed by atoms with Crippen LogP contribution in [0.15, 0.2) is 58.1 Å². The molecule has 0 aliphatic carbocycles. The van der Waals surface area contributed by atoms with Crippen molar-refractivity contribution in [1.82, 2.24) is 9.78 Å². The van der Waals surface area contributed by atoms with Crippen LogP contribution >= 0.6 is 0 Å². The number of hydrogen-bond donors (Lipinski definition) is 1. The molecule has 7 heteroatoms. The van der Waals surface area contributed by atoms with Crippen LogP contribution in [-0.2, 0) is 11.3 Å². The quantitative estimate of drug-likeness (QED) is 0.757. The van der Waals surface area contributed by atoms with Crippen molar-refractivity contribution in [2.24, 2.45) is 0 Å². The van der Waals surface area contributed by atoms with E-state index >= 15 is 0 Å². The summed E-state index contributed by atoms with van der Waals surface area (Å²) in [5, 5.41) is 3.20. The summed E-state index contributed by atoms with van der Waals surface area (Å²) in [5.74, 6) is 0.384. The van der Waals surface area contributed by atoms with Crippen molar-refractivity contribution in [1.29, 1.82) is 0 Å². The normalized spacial score (nSPS) is 10.7. The highest BCUT2D eigenvalue weighted by atomic mass is 16.5. The minimum absolute atomic E-state index is 0.0583. The number of para-hydroxylation sites is 2. The number of benzene rings is 2. The minimum atomic E-state index is -0.356. The lowest BCUT2D eigenvalue weighted by Crippen LogP contribution is -2.33. The fraction of sp³-hybridized carbons (Fsp3) is 0.211. The van der Waals surface area contributed by atoms with E-state index in [4.69, 9.17) is 4.74 Å². The Labute approximate surface area is 149 Å². The Kier molecular flexibility index (Phi) is 4.88. The molecule has 1 amide bonds. The first kappa shape index (κ1) is 17.5. The van der Waals surface area contributed by atoms with Crippen LogP contribution in [0.4, 0.5) is 5.69 Å². The van der Waals surface area contributed by atoms with E-state index in [0.717, 1.165) is 0 Å². The Morgan fingerprint density at radius 3 is 2.46 bits per heavy atom. The SMILES string of the molecule is COc1ccccc1N(C)C(=O)CCn1[nH]c(=O)c2ccccc2c1=O. The highest BCUT2D eigenvalue weighted by molar-refractivity contribution is 5.94. The number of H-pyrrole nitrogens is 1. The van der Waals surface area contributed by atoms with E-state index in [1.165, 1.54) is 16.7 Å².